The number of nitrogens with zero attached hydrogens (tertiary/aromatic N) is 3. The van der Waals surface area contributed by atoms with Gasteiger partial charge in [0.25, 0.3) is 5.91 Å². The normalized spacial score (nSPS) is 12.1. The van der Waals surface area contributed by atoms with E-state index < -0.39 is 5.97 Å². The van der Waals surface area contributed by atoms with Crippen LogP contribution in [0.3, 0.4) is 0 Å². The molecule has 7 nitrogen and oxygen atoms in total. The SMILES string of the molecule is CCC(C)n1ncc2c(C(=O)Nc3ccc(C(=O)O)cc3)cc(C)nc21. The van der Waals surface area contributed by atoms with E-state index in [9.17, 15) is 9.59 Å². The molecule has 0 aliphatic carbocycles. The molecule has 0 saturated carbocycles. The zero-order valence-electron chi connectivity index (χ0n) is 14.9. The molecule has 2 aromatic heterocycles. The van der Waals surface area contributed by atoms with E-state index in [2.05, 4.69) is 29.2 Å². The number of benzene rings is 1. The highest BCUT2D eigenvalue weighted by Gasteiger charge is 2.18. The molecule has 3 aromatic rings. The third-order valence-electron chi connectivity index (χ3n) is 4.34. The lowest BCUT2D eigenvalue weighted by molar-refractivity contribution is 0.0696. The molecule has 7 heteroatoms. The monoisotopic (exact) mass is 352 g/mol. The second kappa shape index (κ2) is 6.95. The number of rotatable bonds is 5. The van der Waals surface area contributed by atoms with Gasteiger partial charge in [-0.3, -0.25) is 4.79 Å². The van der Waals surface area contributed by atoms with Crippen molar-refractivity contribution in [2.75, 3.05) is 5.32 Å². The van der Waals surface area contributed by atoms with Crippen molar-refractivity contribution in [3.05, 3.63) is 53.3 Å². The molecule has 134 valence electrons. The Hall–Kier alpha value is -3.22. The Morgan fingerprint density at radius 3 is 2.58 bits per heavy atom. The Labute approximate surface area is 150 Å². The fourth-order valence-electron chi connectivity index (χ4n) is 2.72. The number of hydrogen-bond donors (Lipinski definition) is 2. The van der Waals surface area contributed by atoms with Crippen LogP contribution in [-0.4, -0.2) is 31.7 Å². The van der Waals surface area contributed by atoms with E-state index in [1.54, 1.807) is 24.4 Å². The molecule has 1 amide bonds. The number of aromatic carboxylic acids is 1. The smallest absolute Gasteiger partial charge is 0.335 e. The first-order chi connectivity index (χ1) is 12.4. The molecule has 1 atom stereocenters. The van der Waals surface area contributed by atoms with Crippen molar-refractivity contribution in [2.24, 2.45) is 0 Å². The van der Waals surface area contributed by atoms with Crippen molar-refractivity contribution >= 4 is 28.6 Å². The Balaban J connectivity index is 1.95. The minimum Gasteiger partial charge on any atom is -0.478 e. The molecule has 1 unspecified atom stereocenters. The fourth-order valence-corrected chi connectivity index (χ4v) is 2.72. The first kappa shape index (κ1) is 17.6. The van der Waals surface area contributed by atoms with E-state index in [-0.39, 0.29) is 17.5 Å². The van der Waals surface area contributed by atoms with E-state index in [4.69, 9.17) is 5.11 Å². The molecular weight excluding hydrogens is 332 g/mol. The van der Waals surface area contributed by atoms with Crippen LogP contribution < -0.4 is 5.32 Å². The minimum atomic E-state index is -1.01. The molecule has 0 radical (unpaired) electrons. The number of nitrogens with one attached hydrogen (secondary N) is 1. The number of aromatic nitrogens is 3. The number of pyridine rings is 1. The van der Waals surface area contributed by atoms with Gasteiger partial charge < -0.3 is 10.4 Å². The average molecular weight is 352 g/mol. The maximum absolute atomic E-state index is 12.8. The number of carbonyl (C=O) groups is 2. The maximum Gasteiger partial charge on any atom is 0.335 e. The van der Waals surface area contributed by atoms with Gasteiger partial charge >= 0.3 is 5.97 Å². The summed E-state index contributed by atoms with van der Waals surface area (Å²) in [6, 6.07) is 7.94. The number of aryl methyl sites for hydroxylation is 1. The summed E-state index contributed by atoms with van der Waals surface area (Å²) >= 11 is 0. The fraction of sp³-hybridized carbons (Fsp3) is 0.263. The van der Waals surface area contributed by atoms with Gasteiger partial charge in [0.05, 0.1) is 28.8 Å². The number of carboxylic acid groups (broad SMARTS) is 1. The second-order valence-corrected chi connectivity index (χ2v) is 6.23. The number of anilines is 1. The quantitative estimate of drug-likeness (QED) is 0.730. The van der Waals surface area contributed by atoms with E-state index >= 15 is 0 Å². The third kappa shape index (κ3) is 3.28. The minimum absolute atomic E-state index is 0.167. The van der Waals surface area contributed by atoms with Crippen LogP contribution in [-0.2, 0) is 0 Å². The van der Waals surface area contributed by atoms with Gasteiger partial charge in [0.15, 0.2) is 5.65 Å². The highest BCUT2D eigenvalue weighted by atomic mass is 16.4. The number of carbonyl (C=O) groups excluding carboxylic acids is 1. The molecular formula is C19H20N4O3. The number of carboxylic acids is 1. The second-order valence-electron chi connectivity index (χ2n) is 6.23. The highest BCUT2D eigenvalue weighted by molar-refractivity contribution is 6.12. The van der Waals surface area contributed by atoms with E-state index in [0.29, 0.717) is 22.3 Å². The van der Waals surface area contributed by atoms with Crippen molar-refractivity contribution in [3.63, 3.8) is 0 Å². The molecule has 0 saturated heterocycles. The summed E-state index contributed by atoms with van der Waals surface area (Å²) in [7, 11) is 0. The Bertz CT molecular complexity index is 976. The van der Waals surface area contributed by atoms with Crippen LogP contribution in [0, 0.1) is 6.92 Å². The number of hydrogen-bond acceptors (Lipinski definition) is 4. The highest BCUT2D eigenvalue weighted by Crippen LogP contribution is 2.23. The largest absolute Gasteiger partial charge is 0.478 e. The average Bonchev–Trinajstić information content (AvgIpc) is 3.04. The third-order valence-corrected chi connectivity index (χ3v) is 4.34. The van der Waals surface area contributed by atoms with Crippen molar-refractivity contribution in [2.45, 2.75) is 33.2 Å². The summed E-state index contributed by atoms with van der Waals surface area (Å²) in [6.45, 7) is 5.97. The molecule has 0 aliphatic heterocycles. The molecule has 3 rings (SSSR count). The van der Waals surface area contributed by atoms with Gasteiger partial charge in [-0.05, 0) is 50.6 Å². The standard InChI is InChI=1S/C19H20N4O3/c1-4-12(3)23-17-16(10-20-23)15(9-11(2)21-17)18(24)22-14-7-5-13(6-8-14)19(25)26/h5-10,12H,4H2,1-3H3,(H,22,24)(H,25,26). The van der Waals surface area contributed by atoms with Gasteiger partial charge in [0, 0.05) is 11.4 Å². The van der Waals surface area contributed by atoms with Crippen LogP contribution in [0.25, 0.3) is 11.0 Å². The van der Waals surface area contributed by atoms with Crippen LogP contribution in [0.4, 0.5) is 5.69 Å². The zero-order chi connectivity index (χ0) is 18.8. The van der Waals surface area contributed by atoms with Gasteiger partial charge in [-0.1, -0.05) is 6.92 Å². The van der Waals surface area contributed by atoms with Gasteiger partial charge in [-0.15, -0.1) is 0 Å². The number of fused-ring (bicyclic) bond motifs is 1. The van der Waals surface area contributed by atoms with Gasteiger partial charge in [0.2, 0.25) is 0 Å². The van der Waals surface area contributed by atoms with Gasteiger partial charge in [-0.2, -0.15) is 5.10 Å². The Morgan fingerprint density at radius 1 is 1.27 bits per heavy atom. The summed E-state index contributed by atoms with van der Waals surface area (Å²) in [5.41, 5.74) is 2.60. The van der Waals surface area contributed by atoms with Crippen molar-refractivity contribution in [3.8, 4) is 0 Å². The molecule has 0 bridgehead atoms. The summed E-state index contributed by atoms with van der Waals surface area (Å²) in [6.07, 6.45) is 2.57. The van der Waals surface area contributed by atoms with Crippen LogP contribution in [0.15, 0.2) is 36.5 Å². The van der Waals surface area contributed by atoms with Crippen LogP contribution in [0.1, 0.15) is 52.7 Å². The van der Waals surface area contributed by atoms with E-state index in [1.807, 2.05) is 11.6 Å². The molecule has 26 heavy (non-hydrogen) atoms. The van der Waals surface area contributed by atoms with Crippen LogP contribution >= 0.6 is 0 Å². The first-order valence-electron chi connectivity index (χ1n) is 8.40. The van der Waals surface area contributed by atoms with Crippen LogP contribution in [0.5, 0.6) is 0 Å². The summed E-state index contributed by atoms with van der Waals surface area (Å²) < 4.78 is 1.83. The molecule has 0 fully saturated rings. The van der Waals surface area contributed by atoms with Crippen molar-refractivity contribution < 1.29 is 14.7 Å². The lowest BCUT2D eigenvalue weighted by Gasteiger charge is -2.11. The molecule has 1 aromatic carbocycles. The molecule has 2 heterocycles. The van der Waals surface area contributed by atoms with Gasteiger partial charge in [-0.25, -0.2) is 14.5 Å². The molecule has 0 aliphatic rings. The molecule has 0 spiro atoms. The first-order valence-corrected chi connectivity index (χ1v) is 8.40. The van der Waals surface area contributed by atoms with Crippen LogP contribution in [0.2, 0.25) is 0 Å². The van der Waals surface area contributed by atoms with Crippen molar-refractivity contribution in [1.29, 1.82) is 0 Å². The zero-order valence-corrected chi connectivity index (χ0v) is 14.9. The Kier molecular flexibility index (Phi) is 4.71. The van der Waals surface area contributed by atoms with Gasteiger partial charge in [0.1, 0.15) is 0 Å². The lowest BCUT2D eigenvalue weighted by Crippen LogP contribution is -2.14. The summed E-state index contributed by atoms with van der Waals surface area (Å²) in [4.78, 5) is 28.2. The number of amides is 1. The topological polar surface area (TPSA) is 97.1 Å². The van der Waals surface area contributed by atoms with Crippen molar-refractivity contribution in [1.82, 2.24) is 14.8 Å². The predicted molar refractivity (Wildman–Crippen MR) is 98.6 cm³/mol. The molecule has 2 N–H and O–H groups in total. The lowest BCUT2D eigenvalue weighted by atomic mass is 10.1. The Morgan fingerprint density at radius 2 is 1.96 bits per heavy atom. The predicted octanol–water partition coefficient (Wildman–Crippen LogP) is 3.66. The van der Waals surface area contributed by atoms with E-state index in [1.165, 1.54) is 12.1 Å². The summed E-state index contributed by atoms with van der Waals surface area (Å²) in [5.74, 6) is -1.29. The van der Waals surface area contributed by atoms with E-state index in [0.717, 1.165) is 12.1 Å². The summed E-state index contributed by atoms with van der Waals surface area (Å²) in [5, 5.41) is 16.8. The maximum atomic E-state index is 12.8.